The summed E-state index contributed by atoms with van der Waals surface area (Å²) in [5, 5.41) is 20.7. The summed E-state index contributed by atoms with van der Waals surface area (Å²) in [6.07, 6.45) is 5.07. The lowest BCUT2D eigenvalue weighted by atomic mass is 9.93. The highest BCUT2D eigenvalue weighted by atomic mass is 16.5. The van der Waals surface area contributed by atoms with Gasteiger partial charge in [0.05, 0.1) is 0 Å². The van der Waals surface area contributed by atoms with Crippen LogP contribution >= 0.6 is 0 Å². The molecule has 9 nitrogen and oxygen atoms in total. The lowest BCUT2D eigenvalue weighted by Crippen LogP contribution is -2.34. The van der Waals surface area contributed by atoms with Crippen molar-refractivity contribution in [2.45, 2.75) is 18.8 Å². The van der Waals surface area contributed by atoms with Crippen LogP contribution in [-0.4, -0.2) is 50.9 Å². The predicted octanol–water partition coefficient (Wildman–Crippen LogP) is 2.91. The molecule has 1 aliphatic rings. The van der Waals surface area contributed by atoms with E-state index >= 15 is 0 Å². The second-order valence-electron chi connectivity index (χ2n) is 6.38. The minimum Gasteiger partial charge on any atom is -0.483 e. The number of carboxylic acids is 1. The van der Waals surface area contributed by atoms with Crippen molar-refractivity contribution in [3.63, 3.8) is 0 Å². The van der Waals surface area contributed by atoms with Gasteiger partial charge in [0.25, 0.3) is 6.47 Å². The van der Waals surface area contributed by atoms with Crippen LogP contribution < -0.4 is 4.90 Å². The van der Waals surface area contributed by atoms with Gasteiger partial charge in [-0.05, 0) is 18.9 Å². The van der Waals surface area contributed by atoms with Gasteiger partial charge in [0.1, 0.15) is 6.33 Å². The molecule has 150 valence electrons. The number of carboxylic acid groups (broad SMARTS) is 2. The maximum absolute atomic E-state index is 11.9. The Morgan fingerprint density at radius 1 is 1.17 bits per heavy atom. The largest absolute Gasteiger partial charge is 0.483 e. The van der Waals surface area contributed by atoms with Crippen LogP contribution in [0.4, 0.5) is 5.82 Å². The number of aromatic nitrogens is 3. The highest BCUT2D eigenvalue weighted by Crippen LogP contribution is 2.35. The Morgan fingerprint density at radius 3 is 2.45 bits per heavy atom. The van der Waals surface area contributed by atoms with Gasteiger partial charge in [0, 0.05) is 36.5 Å². The van der Waals surface area contributed by atoms with Gasteiger partial charge in [-0.3, -0.25) is 4.79 Å². The van der Waals surface area contributed by atoms with E-state index in [1.54, 1.807) is 12.5 Å². The van der Waals surface area contributed by atoms with Crippen molar-refractivity contribution in [2.24, 2.45) is 0 Å². The number of rotatable bonds is 4. The molecule has 1 fully saturated rings. The van der Waals surface area contributed by atoms with Gasteiger partial charge in [-0.2, -0.15) is 0 Å². The number of benzene rings is 1. The van der Waals surface area contributed by atoms with E-state index in [2.05, 4.69) is 15.1 Å². The summed E-state index contributed by atoms with van der Waals surface area (Å²) in [6.45, 7) is 1.16. The van der Waals surface area contributed by atoms with Crippen LogP contribution in [0.2, 0.25) is 0 Å². The van der Waals surface area contributed by atoms with Gasteiger partial charge >= 0.3 is 5.97 Å². The van der Waals surface area contributed by atoms with Gasteiger partial charge in [-0.25, -0.2) is 14.8 Å². The molecule has 9 heteroatoms. The number of anilines is 1. The third kappa shape index (κ3) is 4.57. The van der Waals surface area contributed by atoms with E-state index in [9.17, 15) is 9.90 Å². The maximum Gasteiger partial charge on any atom is 0.343 e. The minimum atomic E-state index is -1.03. The maximum atomic E-state index is 11.9. The van der Waals surface area contributed by atoms with Crippen LogP contribution in [0.15, 0.2) is 53.4 Å². The topological polar surface area (TPSA) is 130 Å². The molecule has 1 aromatic carbocycles. The molecule has 1 aliphatic heterocycles. The first-order valence-corrected chi connectivity index (χ1v) is 9.02. The molecule has 0 aliphatic carbocycles. The third-order valence-corrected chi connectivity index (χ3v) is 4.74. The quantitative estimate of drug-likeness (QED) is 0.639. The highest BCUT2D eigenvalue weighted by molar-refractivity contribution is 5.99. The SMILES string of the molecule is O=C(O)c1c(N2CCC(c3ccncn3)CC2)noc1-c1ccccc1.O=CO. The fourth-order valence-corrected chi connectivity index (χ4v) is 3.41. The van der Waals surface area contributed by atoms with E-state index in [-0.39, 0.29) is 12.0 Å². The molecule has 0 bridgehead atoms. The first-order valence-electron chi connectivity index (χ1n) is 9.02. The summed E-state index contributed by atoms with van der Waals surface area (Å²) < 4.78 is 5.41. The summed E-state index contributed by atoms with van der Waals surface area (Å²) in [7, 11) is 0. The van der Waals surface area contributed by atoms with Crippen molar-refractivity contribution < 1.29 is 24.3 Å². The number of aromatic carboxylic acids is 1. The summed E-state index contributed by atoms with van der Waals surface area (Å²) in [5.74, 6) is 0.0181. The predicted molar refractivity (Wildman–Crippen MR) is 104 cm³/mol. The average molecular weight is 396 g/mol. The number of piperidine rings is 1. The Kier molecular flexibility index (Phi) is 6.51. The van der Waals surface area contributed by atoms with Crippen molar-refractivity contribution in [1.29, 1.82) is 0 Å². The molecule has 0 saturated carbocycles. The molecule has 0 spiro atoms. The summed E-state index contributed by atoms with van der Waals surface area (Å²) in [6, 6.07) is 11.1. The lowest BCUT2D eigenvalue weighted by Gasteiger charge is -2.31. The van der Waals surface area contributed by atoms with Gasteiger partial charge in [-0.15, -0.1) is 0 Å². The second kappa shape index (κ2) is 9.45. The second-order valence-corrected chi connectivity index (χ2v) is 6.38. The first-order chi connectivity index (χ1) is 14.2. The Morgan fingerprint density at radius 2 is 1.86 bits per heavy atom. The van der Waals surface area contributed by atoms with Crippen LogP contribution in [0.3, 0.4) is 0 Å². The fourth-order valence-electron chi connectivity index (χ4n) is 3.41. The molecule has 0 radical (unpaired) electrons. The van der Waals surface area contributed by atoms with Gasteiger partial charge < -0.3 is 19.6 Å². The number of hydrogen-bond donors (Lipinski definition) is 2. The van der Waals surface area contributed by atoms with Crippen LogP contribution in [0.25, 0.3) is 11.3 Å². The van der Waals surface area contributed by atoms with Crippen LogP contribution in [0, 0.1) is 0 Å². The highest BCUT2D eigenvalue weighted by Gasteiger charge is 2.30. The molecule has 1 saturated heterocycles. The van der Waals surface area contributed by atoms with Crippen LogP contribution in [0.1, 0.15) is 34.8 Å². The molecular weight excluding hydrogens is 376 g/mol. The smallest absolute Gasteiger partial charge is 0.343 e. The van der Waals surface area contributed by atoms with Crippen molar-refractivity contribution in [3.05, 3.63) is 60.2 Å². The molecule has 0 unspecified atom stereocenters. The molecule has 3 heterocycles. The summed E-state index contributed by atoms with van der Waals surface area (Å²) >= 11 is 0. The van der Waals surface area contributed by atoms with E-state index in [0.29, 0.717) is 36.1 Å². The molecule has 29 heavy (non-hydrogen) atoms. The Bertz CT molecular complexity index is 938. The molecular formula is C20H20N4O5. The van der Waals surface area contributed by atoms with Gasteiger partial charge in [0.15, 0.2) is 17.1 Å². The lowest BCUT2D eigenvalue weighted by molar-refractivity contribution is -0.122. The van der Waals surface area contributed by atoms with E-state index < -0.39 is 5.97 Å². The van der Waals surface area contributed by atoms with Crippen LogP contribution in [-0.2, 0) is 4.79 Å². The molecule has 2 aromatic heterocycles. The van der Waals surface area contributed by atoms with Crippen molar-refractivity contribution in [1.82, 2.24) is 15.1 Å². The van der Waals surface area contributed by atoms with Crippen LogP contribution in [0.5, 0.6) is 0 Å². The zero-order valence-electron chi connectivity index (χ0n) is 15.5. The summed E-state index contributed by atoms with van der Waals surface area (Å²) in [5.41, 5.74) is 1.86. The zero-order valence-corrected chi connectivity index (χ0v) is 15.5. The van der Waals surface area contributed by atoms with Crippen molar-refractivity contribution in [3.8, 4) is 11.3 Å². The molecule has 3 aromatic rings. The standard InChI is InChI=1S/C19H18N4O3.CH2O2/c24-19(25)16-17(14-4-2-1-3-5-14)26-22-18(16)23-10-7-13(8-11-23)15-6-9-20-12-21-15;2-1-3/h1-6,9,12-13H,7-8,10-11H2,(H,24,25);1H,(H,2,3). The minimum absolute atomic E-state index is 0.122. The zero-order chi connectivity index (χ0) is 20.6. The third-order valence-electron chi connectivity index (χ3n) is 4.74. The number of hydrogen-bond acceptors (Lipinski definition) is 7. The molecule has 0 amide bonds. The number of nitrogens with zero attached hydrogens (tertiary/aromatic N) is 4. The molecule has 4 rings (SSSR count). The monoisotopic (exact) mass is 396 g/mol. The Hall–Kier alpha value is -3.75. The van der Waals surface area contributed by atoms with E-state index in [0.717, 1.165) is 18.5 Å². The normalized spacial score (nSPS) is 14.0. The molecule has 0 atom stereocenters. The Balaban J connectivity index is 0.000000755. The van der Waals surface area contributed by atoms with E-state index in [1.807, 2.05) is 41.3 Å². The van der Waals surface area contributed by atoms with Gasteiger partial charge in [0.2, 0.25) is 0 Å². The first kappa shape index (κ1) is 20.0. The van der Waals surface area contributed by atoms with Crippen molar-refractivity contribution >= 4 is 18.3 Å². The van der Waals surface area contributed by atoms with Gasteiger partial charge in [-0.1, -0.05) is 35.5 Å². The summed E-state index contributed by atoms with van der Waals surface area (Å²) in [4.78, 5) is 30.5. The number of carbonyl (C=O) groups is 2. The van der Waals surface area contributed by atoms with E-state index in [4.69, 9.17) is 14.4 Å². The van der Waals surface area contributed by atoms with Crippen molar-refractivity contribution in [2.75, 3.05) is 18.0 Å². The fraction of sp³-hybridized carbons (Fsp3) is 0.250. The molecule has 2 N–H and O–H groups in total. The van der Waals surface area contributed by atoms with E-state index in [1.165, 1.54) is 0 Å². The Labute approximate surface area is 166 Å². The average Bonchev–Trinajstić information content (AvgIpc) is 3.21.